The highest BCUT2D eigenvalue weighted by atomic mass is 16.7. The summed E-state index contributed by atoms with van der Waals surface area (Å²) >= 11 is 0. The summed E-state index contributed by atoms with van der Waals surface area (Å²) in [5.74, 6) is 0. The van der Waals surface area contributed by atoms with Gasteiger partial charge in [-0.1, -0.05) is 54.6 Å². The molecule has 3 aliphatic heterocycles. The normalized spacial score (nSPS) is 29.2. The minimum atomic E-state index is -0.972. The van der Waals surface area contributed by atoms with Crippen LogP contribution in [-0.4, -0.2) is 46.5 Å². The Kier molecular flexibility index (Phi) is 6.23. The van der Waals surface area contributed by atoms with Gasteiger partial charge in [0.15, 0.2) is 0 Å². The number of hydrogen-bond donors (Lipinski definition) is 1. The standard InChI is InChI=1S/C28H36BNO5/c1-26(2)27(3,4)35-29(34-26)22-15-13-21(14-16-22)28(32)17-23-11-8-12-24(18-28)30(23)25(31)33-19-20-9-6-5-7-10-20/h5-7,9-10,13-16,23-24,32H,8,11-12,17-19H2,1-4H3. The van der Waals surface area contributed by atoms with Crippen molar-refractivity contribution < 1.29 is 23.9 Å². The number of carbonyl (C=O) groups excluding carboxylic acids is 1. The Hall–Kier alpha value is -2.35. The van der Waals surface area contributed by atoms with E-state index in [1.165, 1.54) is 0 Å². The van der Waals surface area contributed by atoms with E-state index >= 15 is 0 Å². The second kappa shape index (κ2) is 8.95. The summed E-state index contributed by atoms with van der Waals surface area (Å²) in [6, 6.07) is 17.6. The van der Waals surface area contributed by atoms with Gasteiger partial charge in [-0.25, -0.2) is 4.79 Å². The van der Waals surface area contributed by atoms with Crippen molar-refractivity contribution in [3.8, 4) is 0 Å². The van der Waals surface area contributed by atoms with Gasteiger partial charge in [-0.2, -0.15) is 0 Å². The lowest BCUT2D eigenvalue weighted by Crippen LogP contribution is -2.59. The van der Waals surface area contributed by atoms with Crippen molar-refractivity contribution in [1.82, 2.24) is 4.90 Å². The second-order valence-corrected chi connectivity index (χ2v) is 11.3. The number of benzene rings is 2. The summed E-state index contributed by atoms with van der Waals surface area (Å²) in [6.07, 6.45) is 3.58. The summed E-state index contributed by atoms with van der Waals surface area (Å²) in [5, 5.41) is 11.7. The van der Waals surface area contributed by atoms with Crippen LogP contribution in [0.1, 0.15) is 70.9 Å². The van der Waals surface area contributed by atoms with Crippen LogP contribution in [0.2, 0.25) is 0 Å². The van der Waals surface area contributed by atoms with E-state index in [9.17, 15) is 9.90 Å². The lowest BCUT2D eigenvalue weighted by Gasteiger charge is -2.51. The van der Waals surface area contributed by atoms with E-state index in [0.717, 1.165) is 35.9 Å². The average Bonchev–Trinajstić information content (AvgIpc) is 3.04. The van der Waals surface area contributed by atoms with Crippen LogP contribution in [0.25, 0.3) is 0 Å². The Bertz CT molecular complexity index is 1020. The van der Waals surface area contributed by atoms with Gasteiger partial charge in [-0.05, 0) is 63.5 Å². The molecule has 5 rings (SSSR count). The first-order valence-electron chi connectivity index (χ1n) is 12.8. The molecule has 2 bridgehead atoms. The van der Waals surface area contributed by atoms with Crippen LogP contribution in [0.15, 0.2) is 54.6 Å². The molecule has 35 heavy (non-hydrogen) atoms. The van der Waals surface area contributed by atoms with E-state index < -0.39 is 23.9 Å². The van der Waals surface area contributed by atoms with Gasteiger partial charge in [0.05, 0.1) is 16.8 Å². The topological polar surface area (TPSA) is 68.2 Å². The maximum Gasteiger partial charge on any atom is 0.494 e. The number of rotatable bonds is 4. The molecule has 3 heterocycles. The Labute approximate surface area is 208 Å². The summed E-state index contributed by atoms with van der Waals surface area (Å²) in [4.78, 5) is 14.9. The maximum atomic E-state index is 13.0. The molecule has 0 aromatic heterocycles. The molecular formula is C28H36BNO5. The second-order valence-electron chi connectivity index (χ2n) is 11.3. The Morgan fingerprint density at radius 3 is 2.11 bits per heavy atom. The van der Waals surface area contributed by atoms with Crippen LogP contribution in [0.4, 0.5) is 4.79 Å². The Morgan fingerprint density at radius 1 is 0.971 bits per heavy atom. The van der Waals surface area contributed by atoms with E-state index in [1.807, 2.05) is 87.2 Å². The van der Waals surface area contributed by atoms with Crippen molar-refractivity contribution in [2.75, 3.05) is 0 Å². The number of fused-ring (bicyclic) bond motifs is 2. The molecule has 3 aliphatic rings. The van der Waals surface area contributed by atoms with Crippen molar-refractivity contribution >= 4 is 18.7 Å². The van der Waals surface area contributed by atoms with Crippen LogP contribution in [0, 0.1) is 0 Å². The number of piperidine rings is 2. The third-order valence-corrected chi connectivity index (χ3v) is 8.40. The van der Waals surface area contributed by atoms with E-state index in [1.54, 1.807) is 0 Å². The zero-order chi connectivity index (χ0) is 24.8. The van der Waals surface area contributed by atoms with E-state index in [4.69, 9.17) is 14.0 Å². The molecule has 3 fully saturated rings. The highest BCUT2D eigenvalue weighted by molar-refractivity contribution is 6.62. The molecule has 2 atom stereocenters. The smallest absolute Gasteiger partial charge is 0.445 e. The van der Waals surface area contributed by atoms with Gasteiger partial charge in [0.1, 0.15) is 6.61 Å². The van der Waals surface area contributed by atoms with Crippen LogP contribution in [-0.2, 0) is 26.3 Å². The zero-order valence-electron chi connectivity index (χ0n) is 21.2. The Balaban J connectivity index is 1.28. The molecule has 2 unspecified atom stereocenters. The number of ether oxygens (including phenoxy) is 1. The van der Waals surface area contributed by atoms with Crippen molar-refractivity contribution in [3.05, 3.63) is 65.7 Å². The van der Waals surface area contributed by atoms with Gasteiger partial charge in [-0.3, -0.25) is 0 Å². The number of hydrogen-bond acceptors (Lipinski definition) is 5. The van der Waals surface area contributed by atoms with E-state index in [2.05, 4.69) is 0 Å². The SMILES string of the molecule is CC1(C)OB(c2ccc(C3(O)CC4CCCC(C3)N4C(=O)OCc3ccccc3)cc2)OC1(C)C. The molecule has 7 heteroatoms. The van der Waals surface area contributed by atoms with Gasteiger partial charge < -0.3 is 24.1 Å². The van der Waals surface area contributed by atoms with Crippen molar-refractivity contribution in [1.29, 1.82) is 0 Å². The summed E-state index contributed by atoms with van der Waals surface area (Å²) < 4.78 is 18.0. The molecule has 6 nitrogen and oxygen atoms in total. The zero-order valence-corrected chi connectivity index (χ0v) is 21.2. The summed E-state index contributed by atoms with van der Waals surface area (Å²) in [5.41, 5.74) is 1.04. The molecule has 186 valence electrons. The predicted molar refractivity (Wildman–Crippen MR) is 135 cm³/mol. The first-order valence-corrected chi connectivity index (χ1v) is 12.8. The summed E-state index contributed by atoms with van der Waals surface area (Å²) in [7, 11) is -0.427. The lowest BCUT2D eigenvalue weighted by molar-refractivity contribution is -0.0896. The fourth-order valence-corrected chi connectivity index (χ4v) is 5.69. The van der Waals surface area contributed by atoms with Crippen molar-refractivity contribution in [2.45, 2.75) is 95.3 Å². The molecule has 1 N–H and O–H groups in total. The maximum absolute atomic E-state index is 13.0. The van der Waals surface area contributed by atoms with Crippen LogP contribution >= 0.6 is 0 Å². The predicted octanol–water partition coefficient (Wildman–Crippen LogP) is 4.53. The Morgan fingerprint density at radius 2 is 1.54 bits per heavy atom. The van der Waals surface area contributed by atoms with Crippen molar-refractivity contribution in [3.63, 3.8) is 0 Å². The van der Waals surface area contributed by atoms with Crippen molar-refractivity contribution in [2.24, 2.45) is 0 Å². The van der Waals surface area contributed by atoms with E-state index in [-0.39, 0.29) is 24.8 Å². The van der Waals surface area contributed by atoms with Crippen LogP contribution in [0.5, 0.6) is 0 Å². The molecular weight excluding hydrogens is 441 g/mol. The number of carbonyl (C=O) groups is 1. The van der Waals surface area contributed by atoms with Gasteiger partial charge >= 0.3 is 13.2 Å². The number of nitrogens with zero attached hydrogens (tertiary/aromatic N) is 1. The number of amides is 1. The summed E-state index contributed by atoms with van der Waals surface area (Å²) in [6.45, 7) is 8.44. The molecule has 0 saturated carbocycles. The van der Waals surface area contributed by atoms with Gasteiger partial charge in [0.25, 0.3) is 0 Å². The molecule has 0 aliphatic carbocycles. The quantitative estimate of drug-likeness (QED) is 0.656. The molecule has 1 amide bonds. The van der Waals surface area contributed by atoms with Crippen LogP contribution in [0.3, 0.4) is 0 Å². The highest BCUT2D eigenvalue weighted by Crippen LogP contribution is 2.44. The first-order chi connectivity index (χ1) is 16.6. The largest absolute Gasteiger partial charge is 0.494 e. The fraction of sp³-hybridized carbons (Fsp3) is 0.536. The average molecular weight is 477 g/mol. The van der Waals surface area contributed by atoms with E-state index in [0.29, 0.717) is 12.8 Å². The monoisotopic (exact) mass is 477 g/mol. The first kappa shape index (κ1) is 24.4. The molecule has 0 spiro atoms. The third kappa shape index (κ3) is 4.62. The molecule has 2 aromatic rings. The number of aliphatic hydroxyl groups is 1. The lowest BCUT2D eigenvalue weighted by atomic mass is 9.71. The van der Waals surface area contributed by atoms with Gasteiger partial charge in [0.2, 0.25) is 0 Å². The molecule has 3 saturated heterocycles. The fourth-order valence-electron chi connectivity index (χ4n) is 5.69. The molecule has 2 aromatic carbocycles. The third-order valence-electron chi connectivity index (χ3n) is 8.40. The van der Waals surface area contributed by atoms with Gasteiger partial charge in [0, 0.05) is 24.9 Å². The highest BCUT2D eigenvalue weighted by Gasteiger charge is 2.52. The van der Waals surface area contributed by atoms with Gasteiger partial charge in [-0.15, -0.1) is 0 Å². The minimum absolute atomic E-state index is 0.0291. The minimum Gasteiger partial charge on any atom is -0.445 e. The molecule has 0 radical (unpaired) electrons. The van der Waals surface area contributed by atoms with Crippen LogP contribution < -0.4 is 5.46 Å².